The summed E-state index contributed by atoms with van der Waals surface area (Å²) in [4.78, 5) is 0. The van der Waals surface area contributed by atoms with Gasteiger partial charge in [-0.15, -0.1) is 0 Å². The lowest BCUT2D eigenvalue weighted by molar-refractivity contribution is -0.660. The molecule has 0 N–H and O–H groups in total. The fraction of sp³-hybridized carbons (Fsp3) is 0.354. The molecular weight excluding hydrogens is 991 g/mol. The molecule has 0 atom stereocenters. The van der Waals surface area contributed by atoms with Gasteiger partial charge in [-0.1, -0.05) is 181 Å². The number of hydrogen-bond acceptors (Lipinski definition) is 0. The van der Waals surface area contributed by atoms with Gasteiger partial charge in [-0.05, 0) is 194 Å². The summed E-state index contributed by atoms with van der Waals surface area (Å²) in [5, 5.41) is 0. The maximum atomic E-state index is 9.02. The van der Waals surface area contributed by atoms with Crippen LogP contribution in [0.1, 0.15) is 157 Å². The largest absolute Gasteiger partial charge is 0.212 e. The van der Waals surface area contributed by atoms with E-state index in [1.165, 1.54) is 152 Å². The van der Waals surface area contributed by atoms with Crippen molar-refractivity contribution in [2.75, 3.05) is 0 Å². The molecule has 12 rings (SSSR count). The van der Waals surface area contributed by atoms with E-state index in [-0.39, 0.29) is 0 Å². The van der Waals surface area contributed by atoms with Crippen molar-refractivity contribution in [3.63, 3.8) is 0 Å². The van der Waals surface area contributed by atoms with Crippen LogP contribution in [0.4, 0.5) is 0 Å². The maximum Gasteiger partial charge on any atom is 0.212 e. The average molecular weight is 1080 g/mol. The highest BCUT2D eigenvalue weighted by molar-refractivity contribution is 5.69. The Labute approximate surface area is 495 Å². The van der Waals surface area contributed by atoms with Crippen molar-refractivity contribution < 1.29 is 15.1 Å². The Morgan fingerprint density at radius 1 is 0.354 bits per heavy atom. The summed E-state index contributed by atoms with van der Waals surface area (Å²) in [6, 6.07) is 66.4. The van der Waals surface area contributed by atoms with Crippen molar-refractivity contribution in [3.05, 3.63) is 234 Å². The highest BCUT2D eigenvalue weighted by atomic mass is 14.9. The van der Waals surface area contributed by atoms with E-state index in [4.69, 9.17) is 1.37 Å². The van der Waals surface area contributed by atoms with E-state index >= 15 is 0 Å². The second-order valence-corrected chi connectivity index (χ2v) is 25.7. The van der Waals surface area contributed by atoms with E-state index in [1.54, 1.807) is 0 Å². The van der Waals surface area contributed by atoms with Crippen LogP contribution in [0.5, 0.6) is 0 Å². The highest BCUT2D eigenvalue weighted by Gasteiger charge is 2.28. The van der Waals surface area contributed by atoms with Gasteiger partial charge in [0.05, 0.1) is 0 Å². The van der Waals surface area contributed by atoms with Gasteiger partial charge in [0.2, 0.25) is 17.1 Å². The SMILES string of the molecule is Cc1ccccc1-c1ccc(-c2ccc(C3CCC(C)(C)CC3)cc2)c[n+]1C.Cc1ccccc1-c1ccc(-c2cccc(C3CCC(C)CC3)c2)c[n+]1C.[2H]C1(c2cccc(-c3ccc(-c4ccccc4C)[n+](C)c3)c2)CCC(C)CC1. The van der Waals surface area contributed by atoms with Gasteiger partial charge in [-0.25, -0.2) is 13.7 Å². The summed E-state index contributed by atoms with van der Waals surface area (Å²) >= 11 is 0. The van der Waals surface area contributed by atoms with E-state index < -0.39 is 5.89 Å². The predicted molar refractivity (Wildman–Crippen MR) is 345 cm³/mol. The van der Waals surface area contributed by atoms with Gasteiger partial charge in [0.1, 0.15) is 21.1 Å². The van der Waals surface area contributed by atoms with Crippen molar-refractivity contribution >= 4 is 0 Å². The predicted octanol–water partition coefficient (Wildman–Crippen LogP) is 19.7. The third-order valence-corrected chi connectivity index (χ3v) is 18.9. The standard InChI is InChI=1S/C27H32N.2C26H30N/c1-20-7-5-6-8-25(20)26-14-13-24(19-28(26)4)22-11-9-21(10-12-22)23-15-17-27(2,3)18-16-23;2*1-19-11-13-21(14-12-19)22-8-6-9-23(17-22)24-15-16-26(27(3)18-24)25-10-5-4-7-20(25)2/h5-14,19,23H,15-18H2,1-4H3;2*4-10,15-19,21H,11-14H2,1-3H3/q3*+1/i;21D;. The number of aromatic nitrogens is 3. The fourth-order valence-electron chi connectivity index (χ4n) is 13.3. The van der Waals surface area contributed by atoms with Crippen LogP contribution >= 0.6 is 0 Å². The summed E-state index contributed by atoms with van der Waals surface area (Å²) in [5.41, 5.74) is 23.9. The minimum absolute atomic E-state index is 0.425. The molecule has 3 fully saturated rings. The van der Waals surface area contributed by atoms with Crippen LogP contribution in [0.3, 0.4) is 0 Å². The molecule has 3 nitrogen and oxygen atoms in total. The van der Waals surface area contributed by atoms with Gasteiger partial charge < -0.3 is 0 Å². The van der Waals surface area contributed by atoms with Gasteiger partial charge in [0.15, 0.2) is 18.6 Å². The number of nitrogens with zero attached hydrogens (tertiary/aromatic N) is 3. The molecule has 0 spiro atoms. The minimum atomic E-state index is -0.425. The van der Waals surface area contributed by atoms with Crippen LogP contribution < -0.4 is 13.7 Å². The van der Waals surface area contributed by atoms with E-state index in [0.29, 0.717) is 5.41 Å². The highest BCUT2D eigenvalue weighted by Crippen LogP contribution is 2.43. The lowest BCUT2D eigenvalue weighted by atomic mass is 9.71. The van der Waals surface area contributed by atoms with Crippen molar-refractivity contribution in [3.8, 4) is 67.2 Å². The zero-order valence-electron chi connectivity index (χ0n) is 52.2. The quantitative estimate of drug-likeness (QED) is 0.128. The third kappa shape index (κ3) is 14.1. The van der Waals surface area contributed by atoms with E-state index in [9.17, 15) is 0 Å². The molecule has 82 heavy (non-hydrogen) atoms. The molecule has 3 heterocycles. The molecular formula is C79H92N3+3. The molecule has 3 aliphatic carbocycles. The topological polar surface area (TPSA) is 11.6 Å². The number of aryl methyl sites for hydroxylation is 6. The maximum absolute atomic E-state index is 9.02. The summed E-state index contributed by atoms with van der Waals surface area (Å²) in [6.07, 6.45) is 21.7. The molecule has 3 aliphatic rings. The third-order valence-electron chi connectivity index (χ3n) is 18.9. The molecule has 0 amide bonds. The first kappa shape index (κ1) is 56.6. The first-order valence-electron chi connectivity index (χ1n) is 31.5. The zero-order chi connectivity index (χ0) is 58.3. The van der Waals surface area contributed by atoms with Crippen LogP contribution in [0.15, 0.2) is 201 Å². The Morgan fingerprint density at radius 3 is 1.15 bits per heavy atom. The number of hydrogen-bond donors (Lipinski definition) is 0. The minimum Gasteiger partial charge on any atom is -0.200 e. The first-order valence-corrected chi connectivity index (χ1v) is 31.0. The Bertz CT molecular complexity index is 3640. The second-order valence-electron chi connectivity index (χ2n) is 25.7. The summed E-state index contributed by atoms with van der Waals surface area (Å²) < 4.78 is 15.7. The Kier molecular flexibility index (Phi) is 18.2. The van der Waals surface area contributed by atoms with E-state index in [0.717, 1.165) is 49.4 Å². The molecule has 420 valence electrons. The van der Waals surface area contributed by atoms with Crippen molar-refractivity contribution in [2.24, 2.45) is 38.4 Å². The smallest absolute Gasteiger partial charge is 0.200 e. The van der Waals surface area contributed by atoms with Crippen molar-refractivity contribution in [1.82, 2.24) is 0 Å². The lowest BCUT2D eigenvalue weighted by Crippen LogP contribution is -2.30. The Balaban J connectivity index is 0.000000139. The summed E-state index contributed by atoms with van der Waals surface area (Å²) in [7, 11) is 6.41. The second kappa shape index (κ2) is 26.3. The Morgan fingerprint density at radius 2 is 0.720 bits per heavy atom. The summed E-state index contributed by atoms with van der Waals surface area (Å²) in [6.45, 7) is 16.0. The lowest BCUT2D eigenvalue weighted by Gasteiger charge is -2.34. The molecule has 0 radical (unpaired) electrons. The monoisotopic (exact) mass is 1080 g/mol. The van der Waals surface area contributed by atoms with Gasteiger partial charge in [-0.2, -0.15) is 0 Å². The molecule has 3 heteroatoms. The van der Waals surface area contributed by atoms with Crippen LogP contribution in [0.2, 0.25) is 0 Å². The van der Waals surface area contributed by atoms with Crippen LogP contribution in [0, 0.1) is 38.0 Å². The average Bonchev–Trinajstić information content (AvgIpc) is 3.64. The zero-order valence-corrected chi connectivity index (χ0v) is 51.2. The van der Waals surface area contributed by atoms with Gasteiger partial charge in [0.25, 0.3) is 0 Å². The number of pyridine rings is 3. The van der Waals surface area contributed by atoms with E-state index in [1.807, 2.05) is 0 Å². The summed E-state index contributed by atoms with van der Waals surface area (Å²) in [5.74, 6) is 2.71. The molecule has 6 aromatic carbocycles. The molecule has 3 saturated carbocycles. The van der Waals surface area contributed by atoms with Gasteiger partial charge >= 0.3 is 0 Å². The van der Waals surface area contributed by atoms with Crippen LogP contribution in [-0.4, -0.2) is 0 Å². The molecule has 0 unspecified atom stereocenters. The van der Waals surface area contributed by atoms with Crippen LogP contribution in [0.25, 0.3) is 67.2 Å². The van der Waals surface area contributed by atoms with E-state index in [2.05, 4.69) is 284 Å². The Hall–Kier alpha value is -7.23. The number of rotatable bonds is 9. The van der Waals surface area contributed by atoms with Crippen LogP contribution in [-0.2, 0) is 21.1 Å². The molecule has 0 saturated heterocycles. The molecule has 3 aromatic heterocycles. The van der Waals surface area contributed by atoms with Crippen molar-refractivity contribution in [2.45, 2.75) is 143 Å². The van der Waals surface area contributed by atoms with Gasteiger partial charge in [-0.3, -0.25) is 0 Å². The first-order chi connectivity index (χ1) is 40.0. The molecule has 9 aromatic rings. The van der Waals surface area contributed by atoms with Crippen molar-refractivity contribution in [1.29, 1.82) is 0 Å². The van der Waals surface area contributed by atoms with Gasteiger partial charge in [0, 0.05) is 53.0 Å². The fourth-order valence-corrected chi connectivity index (χ4v) is 13.3. The normalized spacial score (nSPS) is 19.9. The molecule has 0 aliphatic heterocycles. The molecule has 0 bridgehead atoms. The number of benzene rings is 6.